The van der Waals surface area contributed by atoms with Gasteiger partial charge < -0.3 is 29.6 Å². The van der Waals surface area contributed by atoms with Crippen LogP contribution < -0.4 is 15.8 Å². The fraction of sp³-hybridized carbons (Fsp3) is 0.600. The molecule has 10 heteroatoms. The number of nitrogens with zero attached hydrogens (tertiary/aromatic N) is 3. The molecule has 1 aliphatic carbocycles. The van der Waals surface area contributed by atoms with Gasteiger partial charge in [0.15, 0.2) is 0 Å². The lowest BCUT2D eigenvalue weighted by Crippen LogP contribution is -2.44. The quantitative estimate of drug-likeness (QED) is 0.358. The number of hydrogen-bond acceptors (Lipinski definition) is 7. The van der Waals surface area contributed by atoms with Crippen molar-refractivity contribution in [2.45, 2.75) is 72.0 Å². The highest BCUT2D eigenvalue weighted by Crippen LogP contribution is 2.33. The minimum absolute atomic E-state index is 0. The van der Waals surface area contributed by atoms with Gasteiger partial charge in [0.1, 0.15) is 0 Å². The summed E-state index contributed by atoms with van der Waals surface area (Å²) in [6, 6.07) is 6.95. The van der Waals surface area contributed by atoms with Crippen LogP contribution in [-0.2, 0) is 16.0 Å². The largest absolute Gasteiger partial charge is 0.383 e. The molecule has 1 amide bonds. The van der Waals surface area contributed by atoms with Gasteiger partial charge in [-0.2, -0.15) is 0 Å². The summed E-state index contributed by atoms with van der Waals surface area (Å²) in [5.74, 6) is 6.51. The van der Waals surface area contributed by atoms with Crippen molar-refractivity contribution in [3.63, 3.8) is 0 Å². The van der Waals surface area contributed by atoms with Crippen molar-refractivity contribution in [2.24, 2.45) is 0 Å². The number of carbonyl (C=O) groups excluding carboxylic acids is 1. The number of aromatic amines is 1. The molecule has 0 radical (unpaired) electrons. The van der Waals surface area contributed by atoms with E-state index in [-0.39, 0.29) is 30.4 Å². The highest BCUT2D eigenvalue weighted by atomic mass is 35.5. The summed E-state index contributed by atoms with van der Waals surface area (Å²) in [4.78, 5) is 36.4. The number of aryl methyl sites for hydroxylation is 2. The molecule has 2 aliphatic rings. The van der Waals surface area contributed by atoms with E-state index in [1.54, 1.807) is 7.11 Å². The van der Waals surface area contributed by atoms with Crippen molar-refractivity contribution in [2.75, 3.05) is 71.6 Å². The van der Waals surface area contributed by atoms with E-state index in [2.05, 4.69) is 56.9 Å². The third kappa shape index (κ3) is 9.81. The molecule has 0 atom stereocenters. The Labute approximate surface area is 275 Å². The Morgan fingerprint density at radius 1 is 1.11 bits per heavy atom. The van der Waals surface area contributed by atoms with Gasteiger partial charge in [-0.1, -0.05) is 11.8 Å². The van der Waals surface area contributed by atoms with E-state index < -0.39 is 0 Å². The van der Waals surface area contributed by atoms with E-state index in [1.165, 1.54) is 0 Å². The van der Waals surface area contributed by atoms with E-state index in [1.807, 2.05) is 32.9 Å². The van der Waals surface area contributed by atoms with Gasteiger partial charge in [0.25, 0.3) is 11.5 Å². The maximum Gasteiger partial charge on any atom is 0.253 e. The fourth-order valence-corrected chi connectivity index (χ4v) is 6.54. The van der Waals surface area contributed by atoms with Crippen molar-refractivity contribution in [1.82, 2.24) is 20.1 Å². The van der Waals surface area contributed by atoms with Gasteiger partial charge in [0.2, 0.25) is 0 Å². The first kappa shape index (κ1) is 36.6. The first-order valence-electron chi connectivity index (χ1n) is 16.1. The summed E-state index contributed by atoms with van der Waals surface area (Å²) in [5, 5.41) is 3.03. The smallest absolute Gasteiger partial charge is 0.253 e. The predicted octanol–water partition coefficient (Wildman–Crippen LogP) is 4.05. The number of methoxy groups -OCH3 is 1. The Hall–Kier alpha value is -2.87. The molecule has 2 aromatic rings. The molecule has 1 saturated carbocycles. The third-order valence-corrected chi connectivity index (χ3v) is 9.21. The summed E-state index contributed by atoms with van der Waals surface area (Å²) in [5.41, 5.74) is 5.53. The van der Waals surface area contributed by atoms with E-state index in [0.717, 1.165) is 99.8 Å². The minimum Gasteiger partial charge on any atom is -0.383 e. The van der Waals surface area contributed by atoms with Crippen molar-refractivity contribution < 1.29 is 14.3 Å². The highest BCUT2D eigenvalue weighted by molar-refractivity contribution is 5.97. The second-order valence-corrected chi connectivity index (χ2v) is 12.2. The molecular formula is C35H52ClN5O4. The number of nitrogens with one attached hydrogen (secondary N) is 2. The lowest BCUT2D eigenvalue weighted by molar-refractivity contribution is 0.0443. The predicted molar refractivity (Wildman–Crippen MR) is 184 cm³/mol. The Bertz CT molecular complexity index is 1390. The molecule has 0 bridgehead atoms. The fourth-order valence-electron chi connectivity index (χ4n) is 6.54. The second-order valence-electron chi connectivity index (χ2n) is 12.2. The summed E-state index contributed by atoms with van der Waals surface area (Å²) < 4.78 is 10.8. The van der Waals surface area contributed by atoms with E-state index in [0.29, 0.717) is 29.8 Å². The Balaban J connectivity index is 0.00000552. The SMILES string of the molecule is CCN(c1cc(C#CCN2CCOCC2)cc(C(=O)NCc2c(C)cc(C)[nH]c2=O)c1C)C1CCC(N(C)CCOC)CC1.Cl. The summed E-state index contributed by atoms with van der Waals surface area (Å²) in [7, 11) is 3.95. The van der Waals surface area contributed by atoms with Crippen LogP contribution in [0, 0.1) is 32.6 Å². The number of aromatic nitrogens is 1. The molecule has 2 heterocycles. The number of benzene rings is 1. The number of H-pyrrole nitrogens is 1. The van der Waals surface area contributed by atoms with Crippen LogP contribution in [0.4, 0.5) is 5.69 Å². The van der Waals surface area contributed by atoms with E-state index >= 15 is 0 Å². The van der Waals surface area contributed by atoms with Crippen LogP contribution in [0.2, 0.25) is 0 Å². The van der Waals surface area contributed by atoms with E-state index in [4.69, 9.17) is 9.47 Å². The van der Waals surface area contributed by atoms with Crippen molar-refractivity contribution in [3.05, 3.63) is 62.1 Å². The molecule has 1 aromatic heterocycles. The Kier molecular flexibility index (Phi) is 14.4. The monoisotopic (exact) mass is 641 g/mol. The number of anilines is 1. The maximum absolute atomic E-state index is 13.7. The van der Waals surface area contributed by atoms with Crippen LogP contribution in [0.3, 0.4) is 0 Å². The molecule has 45 heavy (non-hydrogen) atoms. The van der Waals surface area contributed by atoms with Crippen molar-refractivity contribution in [1.29, 1.82) is 0 Å². The van der Waals surface area contributed by atoms with Gasteiger partial charge in [-0.25, -0.2) is 0 Å². The minimum atomic E-state index is -0.195. The average molecular weight is 642 g/mol. The number of amides is 1. The molecule has 0 unspecified atom stereocenters. The molecule has 9 nitrogen and oxygen atoms in total. The second kappa shape index (κ2) is 17.7. The number of ether oxygens (including phenoxy) is 2. The normalized spacial score (nSPS) is 18.6. The van der Waals surface area contributed by atoms with Gasteiger partial charge in [-0.05, 0) is 89.8 Å². The number of rotatable bonds is 11. The molecule has 2 fully saturated rings. The number of halogens is 1. The van der Waals surface area contributed by atoms with Crippen molar-refractivity contribution in [3.8, 4) is 11.8 Å². The standard InChI is InChI=1S/C35H51N5O4.ClH/c1-7-40(30-12-10-29(11-13-30)38(5)15-18-43-6)33-23-28(9-8-14-39-16-19-44-20-17-39)22-31(27(33)4)34(41)36-24-32-25(2)21-26(3)37-35(32)42;/h21-23,29-30H,7,10-20,24H2,1-6H3,(H,36,41)(H,37,42);1H. The van der Waals surface area contributed by atoms with Gasteiger partial charge in [0, 0.05) is 80.0 Å². The summed E-state index contributed by atoms with van der Waals surface area (Å²) in [6.45, 7) is 14.6. The average Bonchev–Trinajstić information content (AvgIpc) is 3.01. The highest BCUT2D eigenvalue weighted by Gasteiger charge is 2.29. The summed E-state index contributed by atoms with van der Waals surface area (Å²) >= 11 is 0. The van der Waals surface area contributed by atoms with Gasteiger partial charge in [-0.3, -0.25) is 14.5 Å². The number of morpholine rings is 1. The number of pyridine rings is 1. The van der Waals surface area contributed by atoms with Gasteiger partial charge in [0.05, 0.1) is 26.4 Å². The van der Waals surface area contributed by atoms with Gasteiger partial charge in [-0.15, -0.1) is 12.4 Å². The molecule has 1 saturated heterocycles. The van der Waals surface area contributed by atoms with Crippen LogP contribution in [0.1, 0.15) is 70.9 Å². The van der Waals surface area contributed by atoms with Crippen LogP contribution >= 0.6 is 12.4 Å². The first-order chi connectivity index (χ1) is 21.2. The molecule has 0 spiro atoms. The molecule has 248 valence electrons. The molecule has 2 N–H and O–H groups in total. The topological polar surface area (TPSA) is 90.1 Å². The number of hydrogen-bond donors (Lipinski definition) is 2. The summed E-state index contributed by atoms with van der Waals surface area (Å²) in [6.07, 6.45) is 4.47. The number of carbonyl (C=O) groups is 1. The third-order valence-electron chi connectivity index (χ3n) is 9.21. The Morgan fingerprint density at radius 2 is 1.80 bits per heavy atom. The van der Waals surface area contributed by atoms with Crippen LogP contribution in [-0.4, -0.2) is 99.5 Å². The molecule has 1 aromatic carbocycles. The number of likely N-dealkylation sites (N-methyl/N-ethyl adjacent to an activating group) is 1. The zero-order valence-electron chi connectivity index (χ0n) is 28.0. The van der Waals surface area contributed by atoms with Crippen LogP contribution in [0.25, 0.3) is 0 Å². The van der Waals surface area contributed by atoms with Crippen LogP contribution in [0.5, 0.6) is 0 Å². The zero-order chi connectivity index (χ0) is 31.6. The lowest BCUT2D eigenvalue weighted by atomic mass is 9.88. The molecule has 4 rings (SSSR count). The maximum atomic E-state index is 13.7. The van der Waals surface area contributed by atoms with Crippen molar-refractivity contribution >= 4 is 24.0 Å². The first-order valence-corrected chi connectivity index (χ1v) is 16.1. The Morgan fingerprint density at radius 3 is 2.44 bits per heavy atom. The van der Waals surface area contributed by atoms with E-state index in [9.17, 15) is 9.59 Å². The molecular weight excluding hydrogens is 590 g/mol. The lowest BCUT2D eigenvalue weighted by Gasteiger charge is -2.41. The van der Waals surface area contributed by atoms with Gasteiger partial charge >= 0.3 is 0 Å². The zero-order valence-corrected chi connectivity index (χ0v) is 28.8. The molecule has 1 aliphatic heterocycles. The van der Waals surface area contributed by atoms with Crippen LogP contribution in [0.15, 0.2) is 23.0 Å².